The number of para-hydroxylation sites is 1. The minimum absolute atomic E-state index is 0.0741. The summed E-state index contributed by atoms with van der Waals surface area (Å²) < 4.78 is 31.3. The van der Waals surface area contributed by atoms with Crippen molar-refractivity contribution in [3.05, 3.63) is 105 Å². The van der Waals surface area contributed by atoms with Crippen LogP contribution in [0.5, 0.6) is 0 Å². The van der Waals surface area contributed by atoms with Crippen molar-refractivity contribution in [2.45, 2.75) is 12.5 Å². The molecule has 1 saturated heterocycles. The largest absolute Gasteiger partial charge is 0.451 e. The van der Waals surface area contributed by atoms with E-state index in [1.165, 1.54) is 18.2 Å². The molecule has 0 aliphatic carbocycles. The van der Waals surface area contributed by atoms with Crippen LogP contribution in [0, 0.1) is 0 Å². The number of amides is 3. The van der Waals surface area contributed by atoms with E-state index in [1.807, 2.05) is 37.2 Å². The van der Waals surface area contributed by atoms with Crippen molar-refractivity contribution in [2.24, 2.45) is 0 Å². The molecule has 15 heteroatoms. The number of halogens is 1. The SMILES string of the molecule is CN(C)CCNC(=O)c1ccccc1N1CCN(C(=O)[C@@H](Cc2ccc(Cl)cc2)NC(=O)c2cc(=O)c3cc(NS(C)(=O)=O)ccc3o2)CC1. The standard InChI is InChI=1S/C35H39ClN6O7S/c1-40(2)15-14-37-33(44)26-6-4-5-7-29(26)41-16-18-42(19-17-41)35(46)28(20-23-8-10-24(36)11-9-23)38-34(45)32-22-30(43)27-21-25(39-50(3,47)48)12-13-31(27)49-32/h4-13,21-22,28,39H,14-20H2,1-3H3,(H,37,44)(H,38,45)/t28-/m1/s1. The fourth-order valence-corrected chi connectivity index (χ4v) is 6.33. The highest BCUT2D eigenvalue weighted by atomic mass is 35.5. The summed E-state index contributed by atoms with van der Waals surface area (Å²) in [5.41, 5.74) is 1.77. The van der Waals surface area contributed by atoms with Gasteiger partial charge in [-0.25, -0.2) is 8.42 Å². The van der Waals surface area contributed by atoms with Crippen molar-refractivity contribution in [1.82, 2.24) is 20.4 Å². The normalized spacial score (nSPS) is 14.0. The summed E-state index contributed by atoms with van der Waals surface area (Å²) in [6, 6.07) is 18.4. The molecule has 0 bridgehead atoms. The van der Waals surface area contributed by atoms with Gasteiger partial charge in [-0.2, -0.15) is 0 Å². The fourth-order valence-electron chi connectivity index (χ4n) is 5.65. The lowest BCUT2D eigenvalue weighted by Gasteiger charge is -2.38. The Hall–Kier alpha value is -4.92. The molecular weight excluding hydrogens is 684 g/mol. The summed E-state index contributed by atoms with van der Waals surface area (Å²) in [5.74, 6) is -1.55. The number of nitrogens with one attached hydrogen (secondary N) is 3. The van der Waals surface area contributed by atoms with Gasteiger partial charge in [-0.1, -0.05) is 35.9 Å². The van der Waals surface area contributed by atoms with E-state index in [1.54, 1.807) is 35.2 Å². The van der Waals surface area contributed by atoms with E-state index < -0.39 is 27.4 Å². The quantitative estimate of drug-likeness (QED) is 0.200. The van der Waals surface area contributed by atoms with E-state index in [-0.39, 0.29) is 40.7 Å². The summed E-state index contributed by atoms with van der Waals surface area (Å²) in [5, 5.41) is 6.33. The third-order valence-electron chi connectivity index (χ3n) is 8.14. The lowest BCUT2D eigenvalue weighted by atomic mass is 10.0. The monoisotopic (exact) mass is 722 g/mol. The molecule has 1 aromatic heterocycles. The number of fused-ring (bicyclic) bond motifs is 1. The highest BCUT2D eigenvalue weighted by Crippen LogP contribution is 2.23. The van der Waals surface area contributed by atoms with Crippen molar-refractivity contribution >= 4 is 61.7 Å². The van der Waals surface area contributed by atoms with Crippen LogP contribution in [0.1, 0.15) is 26.5 Å². The zero-order valence-corrected chi connectivity index (χ0v) is 29.5. The number of rotatable bonds is 12. The van der Waals surface area contributed by atoms with Gasteiger partial charge in [-0.15, -0.1) is 0 Å². The Kier molecular flexibility index (Phi) is 11.5. The molecule has 0 radical (unpaired) electrons. The second-order valence-corrected chi connectivity index (χ2v) is 14.5. The van der Waals surface area contributed by atoms with E-state index in [2.05, 4.69) is 20.3 Å². The zero-order valence-electron chi connectivity index (χ0n) is 27.9. The van der Waals surface area contributed by atoms with Crippen molar-refractivity contribution in [3.63, 3.8) is 0 Å². The minimum atomic E-state index is -3.58. The molecule has 1 fully saturated rings. The molecule has 1 aliphatic rings. The number of carbonyl (C=O) groups is 3. The van der Waals surface area contributed by atoms with E-state index >= 15 is 0 Å². The third kappa shape index (κ3) is 9.40. The number of anilines is 2. The Morgan fingerprint density at radius 3 is 2.32 bits per heavy atom. The van der Waals surface area contributed by atoms with Gasteiger partial charge in [-0.05, 0) is 62.1 Å². The molecule has 5 rings (SSSR count). The van der Waals surface area contributed by atoms with Crippen LogP contribution in [0.15, 0.2) is 82.0 Å². The van der Waals surface area contributed by atoms with Crippen LogP contribution in [0.2, 0.25) is 5.02 Å². The molecular formula is C35H39ClN6O7S. The second kappa shape index (κ2) is 15.7. The van der Waals surface area contributed by atoms with Gasteiger partial charge in [0.1, 0.15) is 11.6 Å². The second-order valence-electron chi connectivity index (χ2n) is 12.3. The molecule has 1 atom stereocenters. The van der Waals surface area contributed by atoms with Gasteiger partial charge in [-0.3, -0.25) is 23.9 Å². The molecule has 50 heavy (non-hydrogen) atoms. The molecule has 0 spiro atoms. The van der Waals surface area contributed by atoms with Crippen LogP contribution in [0.3, 0.4) is 0 Å². The Morgan fingerprint density at radius 1 is 0.940 bits per heavy atom. The van der Waals surface area contributed by atoms with E-state index in [0.29, 0.717) is 49.9 Å². The fraction of sp³-hybridized carbons (Fsp3) is 0.314. The van der Waals surface area contributed by atoms with Crippen LogP contribution in [0.25, 0.3) is 11.0 Å². The predicted molar refractivity (Wildman–Crippen MR) is 193 cm³/mol. The average Bonchev–Trinajstić information content (AvgIpc) is 3.08. The number of hydrogen-bond donors (Lipinski definition) is 3. The van der Waals surface area contributed by atoms with Gasteiger partial charge in [0.05, 0.1) is 17.2 Å². The maximum absolute atomic E-state index is 14.0. The van der Waals surface area contributed by atoms with Crippen molar-refractivity contribution < 1.29 is 27.2 Å². The number of carbonyl (C=O) groups excluding carboxylic acids is 3. The van der Waals surface area contributed by atoms with Crippen LogP contribution < -0.4 is 25.7 Å². The van der Waals surface area contributed by atoms with E-state index in [9.17, 15) is 27.6 Å². The van der Waals surface area contributed by atoms with Crippen LogP contribution in [-0.2, 0) is 21.2 Å². The summed E-state index contributed by atoms with van der Waals surface area (Å²) in [6.07, 6.45) is 1.14. The van der Waals surface area contributed by atoms with Crippen molar-refractivity contribution in [1.29, 1.82) is 0 Å². The number of likely N-dealkylation sites (N-methyl/N-ethyl adjacent to an activating group) is 1. The smallest absolute Gasteiger partial charge is 0.287 e. The molecule has 3 amide bonds. The Bertz CT molecular complexity index is 2040. The first kappa shape index (κ1) is 36.4. The number of sulfonamides is 1. The lowest BCUT2D eigenvalue weighted by molar-refractivity contribution is -0.133. The molecule has 13 nitrogen and oxygen atoms in total. The zero-order chi connectivity index (χ0) is 36.0. The molecule has 4 aromatic rings. The Balaban J connectivity index is 1.32. The molecule has 1 aliphatic heterocycles. The molecule has 0 saturated carbocycles. The minimum Gasteiger partial charge on any atom is -0.451 e. The first-order chi connectivity index (χ1) is 23.8. The Labute approximate surface area is 295 Å². The molecule has 264 valence electrons. The van der Waals surface area contributed by atoms with E-state index in [0.717, 1.165) is 23.6 Å². The predicted octanol–water partition coefficient (Wildman–Crippen LogP) is 2.80. The number of benzene rings is 3. The average molecular weight is 723 g/mol. The maximum atomic E-state index is 14.0. The van der Waals surface area contributed by atoms with Crippen LogP contribution in [0.4, 0.5) is 11.4 Å². The van der Waals surface area contributed by atoms with Gasteiger partial charge >= 0.3 is 0 Å². The Morgan fingerprint density at radius 2 is 1.64 bits per heavy atom. The number of hydrogen-bond acceptors (Lipinski definition) is 9. The van der Waals surface area contributed by atoms with Crippen molar-refractivity contribution in [3.8, 4) is 0 Å². The van der Waals surface area contributed by atoms with Gasteiger partial charge in [0.2, 0.25) is 15.9 Å². The van der Waals surface area contributed by atoms with Gasteiger partial charge in [0.15, 0.2) is 11.2 Å². The molecule has 0 unspecified atom stereocenters. The first-order valence-electron chi connectivity index (χ1n) is 15.9. The highest BCUT2D eigenvalue weighted by molar-refractivity contribution is 7.92. The van der Waals surface area contributed by atoms with Gasteiger partial charge in [0.25, 0.3) is 11.8 Å². The van der Waals surface area contributed by atoms with Crippen molar-refractivity contribution in [2.75, 3.05) is 69.2 Å². The van der Waals surface area contributed by atoms with Crippen LogP contribution in [-0.4, -0.2) is 102 Å². The molecule has 3 N–H and O–H groups in total. The van der Waals surface area contributed by atoms with Crippen LogP contribution >= 0.6 is 11.6 Å². The van der Waals surface area contributed by atoms with Gasteiger partial charge in [0, 0.05) is 68.2 Å². The summed E-state index contributed by atoms with van der Waals surface area (Å²) in [4.78, 5) is 59.2. The van der Waals surface area contributed by atoms with E-state index in [4.69, 9.17) is 16.0 Å². The number of nitrogens with zero attached hydrogens (tertiary/aromatic N) is 3. The highest BCUT2D eigenvalue weighted by Gasteiger charge is 2.31. The molecule has 2 heterocycles. The first-order valence-corrected chi connectivity index (χ1v) is 18.2. The molecule has 3 aromatic carbocycles. The topological polar surface area (TPSA) is 161 Å². The van der Waals surface area contributed by atoms with Gasteiger partial charge < -0.3 is 29.8 Å². The number of piperazine rings is 1. The summed E-state index contributed by atoms with van der Waals surface area (Å²) in [7, 11) is 0.297. The lowest BCUT2D eigenvalue weighted by Crippen LogP contribution is -2.55. The maximum Gasteiger partial charge on any atom is 0.287 e. The summed E-state index contributed by atoms with van der Waals surface area (Å²) >= 11 is 6.08. The third-order valence-corrected chi connectivity index (χ3v) is 8.99. The summed E-state index contributed by atoms with van der Waals surface area (Å²) in [6.45, 7) is 2.83.